The molecule has 36 heavy (non-hydrogen) atoms. The van der Waals surface area contributed by atoms with Gasteiger partial charge in [0.15, 0.2) is 0 Å². The highest BCUT2D eigenvalue weighted by Crippen LogP contribution is 2.22. The molecule has 0 bridgehead atoms. The van der Waals surface area contributed by atoms with Gasteiger partial charge < -0.3 is 15.5 Å². The fraction of sp³-hybridized carbons (Fsp3) is 0.185. The second-order valence-corrected chi connectivity index (χ2v) is 8.42. The van der Waals surface area contributed by atoms with E-state index in [1.165, 1.54) is 12.1 Å². The number of aliphatic hydroxyl groups excluding tert-OH is 1. The number of rotatable bonds is 10. The molecule has 9 heteroatoms. The van der Waals surface area contributed by atoms with E-state index in [1.54, 1.807) is 30.5 Å². The third-order valence-corrected chi connectivity index (χ3v) is 5.82. The number of halogens is 1. The first kappa shape index (κ1) is 24.7. The van der Waals surface area contributed by atoms with Gasteiger partial charge in [0.05, 0.1) is 18.2 Å². The van der Waals surface area contributed by atoms with Crippen molar-refractivity contribution in [3.05, 3.63) is 96.1 Å². The summed E-state index contributed by atoms with van der Waals surface area (Å²) < 4.78 is 13.6. The van der Waals surface area contributed by atoms with Crippen molar-refractivity contribution < 1.29 is 24.2 Å². The van der Waals surface area contributed by atoms with E-state index >= 15 is 0 Å². The number of carboxylic acid groups (broad SMARTS) is 1. The first-order valence-electron chi connectivity index (χ1n) is 11.4. The summed E-state index contributed by atoms with van der Waals surface area (Å²) in [6.45, 7) is -0.548. The van der Waals surface area contributed by atoms with Crippen LogP contribution in [0.4, 0.5) is 4.39 Å². The molecule has 2 aromatic carbocycles. The quantitative estimate of drug-likeness (QED) is 0.270. The predicted molar refractivity (Wildman–Crippen MR) is 131 cm³/mol. The number of hydrogen-bond donors (Lipinski definition) is 4. The van der Waals surface area contributed by atoms with Crippen LogP contribution in [0.2, 0.25) is 0 Å². The van der Waals surface area contributed by atoms with E-state index in [4.69, 9.17) is 0 Å². The molecule has 0 aliphatic heterocycles. The molecule has 0 unspecified atom stereocenters. The van der Waals surface area contributed by atoms with Gasteiger partial charge in [-0.3, -0.25) is 19.7 Å². The number of aromatic amines is 1. The van der Waals surface area contributed by atoms with E-state index in [1.807, 2.05) is 36.4 Å². The van der Waals surface area contributed by atoms with Crippen LogP contribution in [-0.4, -0.2) is 49.9 Å². The van der Waals surface area contributed by atoms with E-state index < -0.39 is 30.4 Å². The van der Waals surface area contributed by atoms with Gasteiger partial charge in [-0.1, -0.05) is 42.5 Å². The lowest BCUT2D eigenvalue weighted by molar-refractivity contribution is -0.143. The second kappa shape index (κ2) is 11.4. The van der Waals surface area contributed by atoms with Gasteiger partial charge in [-0.15, -0.1) is 0 Å². The molecule has 0 saturated carbocycles. The molecule has 184 valence electrons. The molecule has 8 nitrogen and oxygen atoms in total. The molecule has 0 spiro atoms. The fourth-order valence-electron chi connectivity index (χ4n) is 3.92. The second-order valence-electron chi connectivity index (χ2n) is 8.42. The molecule has 0 aliphatic rings. The molecule has 4 rings (SSSR count). The van der Waals surface area contributed by atoms with Crippen molar-refractivity contribution in [2.75, 3.05) is 6.61 Å². The number of nitrogens with zero attached hydrogens (tertiary/aromatic N) is 2. The average molecular weight is 489 g/mol. The van der Waals surface area contributed by atoms with E-state index in [0.29, 0.717) is 17.8 Å². The van der Waals surface area contributed by atoms with Crippen molar-refractivity contribution in [2.24, 2.45) is 5.92 Å². The molecule has 4 N–H and O–H groups in total. The molecular formula is C27H25FN4O4. The van der Waals surface area contributed by atoms with Gasteiger partial charge in [-0.25, -0.2) is 4.39 Å². The van der Waals surface area contributed by atoms with E-state index in [2.05, 4.69) is 20.5 Å². The summed E-state index contributed by atoms with van der Waals surface area (Å²) in [6.07, 6.45) is 1.99. The smallest absolute Gasteiger partial charge is 0.308 e. The largest absolute Gasteiger partial charge is 0.481 e. The molecule has 2 atom stereocenters. The van der Waals surface area contributed by atoms with Gasteiger partial charge in [0.2, 0.25) is 0 Å². The third kappa shape index (κ3) is 6.19. The SMILES string of the molecule is O=C(N[C@H](Cc1ccc(-c2cccc(F)c2)cc1)C[C@@H](CO)C(=O)O)c1cc(-c2ccccn2)n[nH]1. The lowest BCUT2D eigenvalue weighted by Crippen LogP contribution is -2.40. The Labute approximate surface area is 206 Å². The summed E-state index contributed by atoms with van der Waals surface area (Å²) in [5.41, 5.74) is 3.73. The number of carbonyl (C=O) groups excluding carboxylic acids is 1. The van der Waals surface area contributed by atoms with Gasteiger partial charge >= 0.3 is 5.97 Å². The van der Waals surface area contributed by atoms with Crippen LogP contribution in [0.3, 0.4) is 0 Å². The fourth-order valence-corrected chi connectivity index (χ4v) is 3.92. The van der Waals surface area contributed by atoms with Crippen molar-refractivity contribution in [3.63, 3.8) is 0 Å². The van der Waals surface area contributed by atoms with Crippen molar-refractivity contribution in [1.29, 1.82) is 0 Å². The van der Waals surface area contributed by atoms with Gasteiger partial charge in [0, 0.05) is 12.2 Å². The van der Waals surface area contributed by atoms with Gasteiger partial charge in [-0.2, -0.15) is 5.10 Å². The highest BCUT2D eigenvalue weighted by Gasteiger charge is 2.24. The Balaban J connectivity index is 1.50. The minimum Gasteiger partial charge on any atom is -0.481 e. The number of aliphatic hydroxyl groups is 1. The molecule has 2 aromatic heterocycles. The van der Waals surface area contributed by atoms with Crippen molar-refractivity contribution >= 4 is 11.9 Å². The number of carbonyl (C=O) groups is 2. The minimum absolute atomic E-state index is 0.0322. The van der Waals surface area contributed by atoms with E-state index in [9.17, 15) is 24.2 Å². The summed E-state index contributed by atoms with van der Waals surface area (Å²) in [5.74, 6) is -2.95. The van der Waals surface area contributed by atoms with E-state index in [0.717, 1.165) is 16.7 Å². The minimum atomic E-state index is -1.14. The van der Waals surface area contributed by atoms with E-state index in [-0.39, 0.29) is 17.9 Å². The number of nitrogens with one attached hydrogen (secondary N) is 2. The summed E-state index contributed by atoms with van der Waals surface area (Å²) in [6, 6.07) is 20.0. The Morgan fingerprint density at radius 2 is 1.78 bits per heavy atom. The van der Waals surface area contributed by atoms with Gasteiger partial charge in [0.1, 0.15) is 17.2 Å². The van der Waals surface area contributed by atoms with Gasteiger partial charge in [-0.05, 0) is 59.9 Å². The molecule has 2 heterocycles. The van der Waals surface area contributed by atoms with Crippen molar-refractivity contribution in [3.8, 4) is 22.5 Å². The highest BCUT2D eigenvalue weighted by atomic mass is 19.1. The number of hydrogen-bond acceptors (Lipinski definition) is 5. The van der Waals surface area contributed by atoms with Crippen LogP contribution in [0.5, 0.6) is 0 Å². The molecule has 0 aliphatic carbocycles. The average Bonchev–Trinajstić information content (AvgIpc) is 3.39. The number of amides is 1. The monoisotopic (exact) mass is 488 g/mol. The number of pyridine rings is 1. The van der Waals surface area contributed by atoms with Crippen LogP contribution < -0.4 is 5.32 Å². The van der Waals surface area contributed by atoms with Crippen LogP contribution in [0.25, 0.3) is 22.5 Å². The third-order valence-electron chi connectivity index (χ3n) is 5.82. The molecular weight excluding hydrogens is 463 g/mol. The molecule has 1 amide bonds. The summed E-state index contributed by atoms with van der Waals surface area (Å²) in [4.78, 5) is 28.7. The number of carboxylic acids is 1. The van der Waals surface area contributed by atoms with Crippen molar-refractivity contribution in [1.82, 2.24) is 20.5 Å². The Hall–Kier alpha value is -4.37. The first-order valence-corrected chi connectivity index (χ1v) is 11.4. The highest BCUT2D eigenvalue weighted by molar-refractivity contribution is 5.93. The van der Waals surface area contributed by atoms with Crippen LogP contribution in [0.1, 0.15) is 22.5 Å². The van der Waals surface area contributed by atoms with Crippen LogP contribution in [-0.2, 0) is 11.2 Å². The molecule has 0 saturated heterocycles. The topological polar surface area (TPSA) is 128 Å². The normalized spacial score (nSPS) is 12.6. The molecule has 4 aromatic rings. The molecule has 0 fully saturated rings. The predicted octanol–water partition coefficient (Wildman–Crippen LogP) is 3.70. The number of benzene rings is 2. The maximum Gasteiger partial charge on any atom is 0.308 e. The lowest BCUT2D eigenvalue weighted by Gasteiger charge is -2.21. The summed E-state index contributed by atoms with van der Waals surface area (Å²) in [5, 5.41) is 28.7. The number of H-pyrrole nitrogens is 1. The molecule has 0 radical (unpaired) electrons. The lowest BCUT2D eigenvalue weighted by atomic mass is 9.94. The zero-order chi connectivity index (χ0) is 25.5. The zero-order valence-corrected chi connectivity index (χ0v) is 19.3. The van der Waals surface area contributed by atoms with Crippen LogP contribution in [0.15, 0.2) is 79.0 Å². The zero-order valence-electron chi connectivity index (χ0n) is 19.3. The van der Waals surface area contributed by atoms with Crippen LogP contribution in [0, 0.1) is 11.7 Å². The van der Waals surface area contributed by atoms with Gasteiger partial charge in [0.25, 0.3) is 5.91 Å². The summed E-state index contributed by atoms with van der Waals surface area (Å²) in [7, 11) is 0. The summed E-state index contributed by atoms with van der Waals surface area (Å²) >= 11 is 0. The number of aliphatic carboxylic acids is 1. The Morgan fingerprint density at radius 1 is 0.972 bits per heavy atom. The first-order chi connectivity index (χ1) is 17.4. The maximum absolute atomic E-state index is 13.6. The Morgan fingerprint density at radius 3 is 2.44 bits per heavy atom. The Kier molecular flexibility index (Phi) is 7.82. The Bertz CT molecular complexity index is 1330. The standard InChI is InChI=1S/C27H25FN4O4/c28-21-5-3-4-19(13-21)18-9-7-17(8-10-18)12-22(14-20(16-33)27(35)36)30-26(34)25-15-24(31-32-25)23-6-1-2-11-29-23/h1-11,13,15,20,22,33H,12,14,16H2,(H,30,34)(H,31,32)(H,35,36)/t20-,22+/m0/s1. The van der Waals surface area contributed by atoms with Crippen LogP contribution >= 0.6 is 0 Å². The maximum atomic E-state index is 13.6. The van der Waals surface area contributed by atoms with Crippen molar-refractivity contribution in [2.45, 2.75) is 18.9 Å². The number of aromatic nitrogens is 3.